The molecule has 2 atom stereocenters. The number of methoxy groups -OCH3 is 1. The predicted octanol–water partition coefficient (Wildman–Crippen LogP) is 5.95. The number of para-hydroxylation sites is 1. The van der Waals surface area contributed by atoms with Crippen molar-refractivity contribution in [1.82, 2.24) is 29.5 Å². The largest absolute Gasteiger partial charge is 0.481 e. The van der Waals surface area contributed by atoms with Crippen molar-refractivity contribution in [2.45, 2.75) is 45.1 Å². The zero-order chi connectivity index (χ0) is 35.2. The van der Waals surface area contributed by atoms with Gasteiger partial charge >= 0.3 is 6.03 Å². The van der Waals surface area contributed by atoms with Gasteiger partial charge in [-0.05, 0) is 81.8 Å². The second-order valence-electron chi connectivity index (χ2n) is 14.0. The Balaban J connectivity index is 0.00000504. The van der Waals surface area contributed by atoms with E-state index < -0.39 is 0 Å². The summed E-state index contributed by atoms with van der Waals surface area (Å²) >= 11 is 0. The van der Waals surface area contributed by atoms with Crippen LogP contribution in [0.5, 0.6) is 5.88 Å². The number of hydrogen-bond donors (Lipinski definition) is 1. The molecule has 1 saturated carbocycles. The number of pyridine rings is 2. The summed E-state index contributed by atoms with van der Waals surface area (Å²) in [4.78, 5) is 42.8. The molecule has 3 aromatic heterocycles. The van der Waals surface area contributed by atoms with Crippen LogP contribution in [-0.4, -0.2) is 102 Å². The van der Waals surface area contributed by atoms with Gasteiger partial charge in [0.15, 0.2) is 0 Å². The second kappa shape index (κ2) is 16.0. The standard InChI is InChI=1S/C38H50N8O4.H2/c1-26-24-45(38(48)42-34-8-6-7-29-22-41-44(4)36(29)34)16-14-30(26)25-46(37(47)27-9-11-33(12-10-27)50-18-17-43(2)3)32-19-31(21-39-23-32)28-13-15-40-35(20-28)49-5;/h6-8,13,15,19-23,26-27,30,33H,9-12,14,16-18,24-25H2,1-5H3,(H,42,48);1H. The Labute approximate surface area is 296 Å². The summed E-state index contributed by atoms with van der Waals surface area (Å²) < 4.78 is 13.3. The highest BCUT2D eigenvalue weighted by Crippen LogP contribution is 2.34. The van der Waals surface area contributed by atoms with Gasteiger partial charge in [0.25, 0.3) is 0 Å². The van der Waals surface area contributed by atoms with Crippen LogP contribution in [0, 0.1) is 17.8 Å². The van der Waals surface area contributed by atoms with E-state index in [1.165, 1.54) is 0 Å². The molecular formula is C38H52N8O4. The number of urea groups is 1. The number of anilines is 2. The number of aromatic nitrogens is 4. The van der Waals surface area contributed by atoms with Crippen molar-refractivity contribution >= 4 is 34.2 Å². The van der Waals surface area contributed by atoms with Gasteiger partial charge in [-0.2, -0.15) is 5.10 Å². The van der Waals surface area contributed by atoms with Gasteiger partial charge < -0.3 is 29.5 Å². The van der Waals surface area contributed by atoms with E-state index in [0.29, 0.717) is 32.1 Å². The molecule has 1 aliphatic heterocycles. The Kier molecular flexibility index (Phi) is 11.3. The maximum atomic E-state index is 14.5. The van der Waals surface area contributed by atoms with Crippen LogP contribution in [0.2, 0.25) is 0 Å². The van der Waals surface area contributed by atoms with Gasteiger partial charge in [0, 0.05) is 70.0 Å². The van der Waals surface area contributed by atoms with E-state index in [4.69, 9.17) is 9.47 Å². The summed E-state index contributed by atoms with van der Waals surface area (Å²) in [6, 6.07) is 11.6. The van der Waals surface area contributed by atoms with Crippen LogP contribution >= 0.6 is 0 Å². The third kappa shape index (κ3) is 8.24. The molecule has 12 nitrogen and oxygen atoms in total. The minimum atomic E-state index is -0.119. The highest BCUT2D eigenvalue weighted by molar-refractivity contribution is 6.00. The summed E-state index contributed by atoms with van der Waals surface area (Å²) in [7, 11) is 7.57. The average Bonchev–Trinajstić information content (AvgIpc) is 3.52. The lowest BCUT2D eigenvalue weighted by molar-refractivity contribution is -0.124. The van der Waals surface area contributed by atoms with Crippen LogP contribution in [0.15, 0.2) is 61.2 Å². The van der Waals surface area contributed by atoms with E-state index in [1.54, 1.807) is 30.4 Å². The third-order valence-corrected chi connectivity index (χ3v) is 10.3. The lowest BCUT2D eigenvalue weighted by Crippen LogP contribution is -2.49. The van der Waals surface area contributed by atoms with E-state index in [-0.39, 0.29) is 37.2 Å². The van der Waals surface area contributed by atoms with Crippen molar-refractivity contribution in [3.8, 4) is 17.0 Å². The number of nitrogens with zero attached hydrogens (tertiary/aromatic N) is 7. The number of benzene rings is 1. The normalized spacial score (nSPS) is 21.0. The molecule has 3 amide bonds. The van der Waals surface area contributed by atoms with Gasteiger partial charge in [0.2, 0.25) is 11.8 Å². The molecule has 2 fully saturated rings. The van der Waals surface area contributed by atoms with Crippen LogP contribution in [-0.2, 0) is 16.6 Å². The number of likely N-dealkylation sites (N-methyl/N-ethyl adjacent to an activating group) is 1. The first-order valence-corrected chi connectivity index (χ1v) is 17.7. The molecular weight excluding hydrogens is 632 g/mol. The van der Waals surface area contributed by atoms with E-state index in [9.17, 15) is 9.59 Å². The Morgan fingerprint density at radius 2 is 1.86 bits per heavy atom. The van der Waals surface area contributed by atoms with E-state index in [0.717, 1.165) is 72.1 Å². The lowest BCUT2D eigenvalue weighted by Gasteiger charge is -2.40. The summed E-state index contributed by atoms with van der Waals surface area (Å²) in [5, 5.41) is 8.45. The maximum Gasteiger partial charge on any atom is 0.321 e. The first-order valence-electron chi connectivity index (χ1n) is 17.7. The van der Waals surface area contributed by atoms with Crippen LogP contribution in [0.25, 0.3) is 22.0 Å². The topological polar surface area (TPSA) is 118 Å². The van der Waals surface area contributed by atoms with E-state index in [2.05, 4.69) is 32.2 Å². The number of fused-ring (bicyclic) bond motifs is 1. The van der Waals surface area contributed by atoms with E-state index >= 15 is 0 Å². The van der Waals surface area contributed by atoms with Crippen LogP contribution in [0.1, 0.15) is 40.5 Å². The third-order valence-electron chi connectivity index (χ3n) is 10.3. The molecule has 2 unspecified atom stereocenters. The number of hydrogen-bond acceptors (Lipinski definition) is 8. The molecule has 1 aliphatic carbocycles. The van der Waals surface area contributed by atoms with Crippen molar-refractivity contribution in [1.29, 1.82) is 0 Å². The molecule has 4 heterocycles. The first kappa shape index (κ1) is 35.3. The molecule has 0 spiro atoms. The Morgan fingerprint density at radius 3 is 2.62 bits per heavy atom. The molecule has 1 aromatic carbocycles. The van der Waals surface area contributed by atoms with Crippen LogP contribution in [0.4, 0.5) is 16.2 Å². The number of aryl methyl sites for hydroxylation is 1. The fourth-order valence-corrected chi connectivity index (χ4v) is 7.27. The maximum absolute atomic E-state index is 14.5. The van der Waals surface area contributed by atoms with Crippen molar-refractivity contribution in [2.75, 3.05) is 64.2 Å². The number of carbonyl (C=O) groups excluding carboxylic acids is 2. The zero-order valence-corrected chi connectivity index (χ0v) is 29.9. The number of nitrogens with one attached hydrogen (secondary N) is 1. The summed E-state index contributed by atoms with van der Waals surface area (Å²) in [5.41, 5.74) is 4.24. The van der Waals surface area contributed by atoms with Gasteiger partial charge in [-0.3, -0.25) is 14.5 Å². The predicted molar refractivity (Wildman–Crippen MR) is 197 cm³/mol. The number of carbonyl (C=O) groups is 2. The lowest BCUT2D eigenvalue weighted by atomic mass is 9.84. The molecule has 6 rings (SSSR count). The highest BCUT2D eigenvalue weighted by Gasteiger charge is 2.35. The van der Waals surface area contributed by atoms with Gasteiger partial charge in [0.05, 0.1) is 49.1 Å². The molecule has 1 N–H and O–H groups in total. The van der Waals surface area contributed by atoms with Gasteiger partial charge in [0.1, 0.15) is 0 Å². The first-order chi connectivity index (χ1) is 24.2. The highest BCUT2D eigenvalue weighted by atomic mass is 16.5. The number of ether oxygens (including phenoxy) is 2. The number of rotatable bonds is 11. The Bertz CT molecular complexity index is 1780. The smallest absolute Gasteiger partial charge is 0.321 e. The zero-order valence-electron chi connectivity index (χ0n) is 29.9. The molecule has 1 saturated heterocycles. The minimum absolute atomic E-state index is 0. The summed E-state index contributed by atoms with van der Waals surface area (Å²) in [5.74, 6) is 0.966. The Hall–Kier alpha value is -4.55. The van der Waals surface area contributed by atoms with Crippen molar-refractivity contribution in [3.05, 3.63) is 61.2 Å². The fraction of sp³-hybridized carbons (Fsp3) is 0.500. The monoisotopic (exact) mass is 684 g/mol. The quantitative estimate of drug-likeness (QED) is 0.206. The number of piperidine rings is 1. The number of amides is 3. The minimum Gasteiger partial charge on any atom is -0.481 e. The van der Waals surface area contributed by atoms with Crippen LogP contribution in [0.3, 0.4) is 0 Å². The summed E-state index contributed by atoms with van der Waals surface area (Å²) in [6.45, 7) is 5.54. The fourth-order valence-electron chi connectivity index (χ4n) is 7.27. The SMILES string of the molecule is COc1cc(-c2cncc(N(CC3CCN(C(=O)Nc4cccc5cnn(C)c45)CC3C)C(=O)C3CCC(OCCN(C)C)CC3)c2)ccn1.[HH]. The van der Waals surface area contributed by atoms with Gasteiger partial charge in [-0.1, -0.05) is 19.1 Å². The number of likely N-dealkylation sites (tertiary alicyclic amines) is 1. The molecule has 2 aliphatic rings. The molecule has 4 aromatic rings. The average molecular weight is 685 g/mol. The summed E-state index contributed by atoms with van der Waals surface area (Å²) in [6.07, 6.45) is 11.5. The molecule has 50 heavy (non-hydrogen) atoms. The molecule has 12 heteroatoms. The van der Waals surface area contributed by atoms with Crippen LogP contribution < -0.4 is 15.0 Å². The van der Waals surface area contributed by atoms with Crippen molar-refractivity contribution < 1.29 is 20.5 Å². The molecule has 268 valence electrons. The molecule has 0 bridgehead atoms. The van der Waals surface area contributed by atoms with Crippen molar-refractivity contribution in [2.24, 2.45) is 24.8 Å². The van der Waals surface area contributed by atoms with Gasteiger partial charge in [-0.25, -0.2) is 9.78 Å². The van der Waals surface area contributed by atoms with E-state index in [1.807, 2.05) is 73.5 Å². The van der Waals surface area contributed by atoms with Crippen molar-refractivity contribution in [3.63, 3.8) is 0 Å². The van der Waals surface area contributed by atoms with Gasteiger partial charge in [-0.15, -0.1) is 0 Å². The Morgan fingerprint density at radius 1 is 1.04 bits per heavy atom. The second-order valence-corrected chi connectivity index (χ2v) is 14.0. The molecule has 0 radical (unpaired) electrons.